The lowest BCUT2D eigenvalue weighted by molar-refractivity contribution is -0.129. The highest BCUT2D eigenvalue weighted by molar-refractivity contribution is 6.01. The lowest BCUT2D eigenvalue weighted by atomic mass is 9.80. The molecule has 4 heterocycles. The van der Waals surface area contributed by atoms with Crippen LogP contribution in [-0.2, 0) is 19.1 Å². The van der Waals surface area contributed by atoms with Crippen LogP contribution < -0.4 is 0 Å². The minimum Gasteiger partial charge on any atom is -0.443 e. The quantitative estimate of drug-likeness (QED) is 0.147. The van der Waals surface area contributed by atoms with Crippen molar-refractivity contribution < 1.29 is 47.6 Å². The number of nitrogens with zero attached hydrogens (tertiary/aromatic N) is 6. The van der Waals surface area contributed by atoms with Crippen molar-refractivity contribution in [2.24, 2.45) is 29.6 Å². The van der Waals surface area contributed by atoms with Crippen LogP contribution in [0.3, 0.4) is 0 Å². The third-order valence-corrected chi connectivity index (χ3v) is 15.3. The molecule has 1 N–H and O–H groups in total. The van der Waals surface area contributed by atoms with Gasteiger partial charge in [-0.15, -0.1) is 0 Å². The predicted octanol–water partition coefficient (Wildman–Crippen LogP) is 11.8. The van der Waals surface area contributed by atoms with Gasteiger partial charge in [-0.05, 0) is 181 Å². The Morgan fingerprint density at radius 3 is 1.58 bits per heavy atom. The molecule has 380 valence electrons. The normalized spacial score (nSPS) is 22.8. The molecule has 6 aliphatic rings. The fourth-order valence-electron chi connectivity index (χ4n) is 11.8. The molecule has 0 saturated heterocycles. The standard InChI is InChI=1S/C28H33N3O5.C21H23N3O4.C7H10O/c1-13-21(14(2)36-30-13)18-11-19(25(33)22-16-8-9-17(10-16)24(22)32)23-20(12-18)31(26(29-23)15-6-7-15)27(34)35-28(3,4)5;1-11-17(12(2)28-23-11)14-8-15(10-25)18-16(9-14)24(19(22-18)13-6-7-13)20(26)27-21(3,4)5;8-7-4-5-1-2-6(7)3-5/h11-12,15-17,22,25,33H,6-10H2,1-5H3;8-10,13H,6-7H2,1-5H3;5-6H,1-4H2. The molecule has 6 aliphatic carbocycles. The summed E-state index contributed by atoms with van der Waals surface area (Å²) in [5.41, 5.74) is 6.51. The first kappa shape index (κ1) is 49.3. The van der Waals surface area contributed by atoms with E-state index in [0.717, 1.165) is 91.5 Å². The van der Waals surface area contributed by atoms with Gasteiger partial charge in [0, 0.05) is 52.3 Å². The van der Waals surface area contributed by atoms with Crippen molar-refractivity contribution in [2.75, 3.05) is 0 Å². The van der Waals surface area contributed by atoms with Crippen LogP contribution in [0.4, 0.5) is 9.59 Å². The molecule has 0 radical (unpaired) electrons. The largest absolute Gasteiger partial charge is 0.443 e. The summed E-state index contributed by atoms with van der Waals surface area (Å²) in [5, 5.41) is 19.8. The number of ketones is 2. The van der Waals surface area contributed by atoms with E-state index in [0.29, 0.717) is 73.8 Å². The number of fused-ring (bicyclic) bond motifs is 6. The molecule has 6 aromatic rings. The first-order valence-corrected chi connectivity index (χ1v) is 25.7. The molecule has 6 unspecified atom stereocenters. The molecular formula is C56H66N6O10. The summed E-state index contributed by atoms with van der Waals surface area (Å²) in [6.07, 6.45) is 10.0. The number of carbonyl (C=O) groups excluding carboxylic acids is 5. The van der Waals surface area contributed by atoms with E-state index in [-0.39, 0.29) is 29.5 Å². The lowest BCUT2D eigenvalue weighted by Crippen LogP contribution is -2.28. The minimum atomic E-state index is -0.996. The third-order valence-electron chi connectivity index (χ3n) is 15.3. The smallest absolute Gasteiger partial charge is 0.420 e. The van der Waals surface area contributed by atoms with Crippen LogP contribution in [0.1, 0.15) is 181 Å². The van der Waals surface area contributed by atoms with Crippen molar-refractivity contribution in [3.63, 3.8) is 0 Å². The summed E-state index contributed by atoms with van der Waals surface area (Å²) < 4.78 is 25.2. The number of aryl methyl sites for hydroxylation is 4. The molecule has 4 aromatic heterocycles. The zero-order valence-corrected chi connectivity index (χ0v) is 43.1. The zero-order chi connectivity index (χ0) is 51.3. The second kappa shape index (κ2) is 18.3. The van der Waals surface area contributed by atoms with E-state index in [1.807, 2.05) is 87.4 Å². The van der Waals surface area contributed by atoms with Gasteiger partial charge in [-0.25, -0.2) is 28.7 Å². The maximum absolute atomic E-state index is 13.5. The number of aliphatic hydroxyl groups excluding tert-OH is 1. The minimum absolute atomic E-state index is 0.0530. The number of aromatic nitrogens is 6. The molecule has 72 heavy (non-hydrogen) atoms. The van der Waals surface area contributed by atoms with E-state index in [1.54, 1.807) is 10.6 Å². The van der Waals surface area contributed by atoms with Crippen LogP contribution in [0.15, 0.2) is 33.3 Å². The molecule has 16 nitrogen and oxygen atoms in total. The average molecular weight is 983 g/mol. The van der Waals surface area contributed by atoms with Gasteiger partial charge in [0.25, 0.3) is 0 Å². The topological polar surface area (TPSA) is 212 Å². The highest BCUT2D eigenvalue weighted by Crippen LogP contribution is 2.52. The molecule has 6 fully saturated rings. The molecular weight excluding hydrogens is 917 g/mol. The monoisotopic (exact) mass is 982 g/mol. The molecule has 0 aliphatic heterocycles. The Balaban J connectivity index is 0.000000146. The van der Waals surface area contributed by atoms with Gasteiger partial charge < -0.3 is 23.6 Å². The Kier molecular flexibility index (Phi) is 12.5. The molecule has 4 bridgehead atoms. The molecule has 0 amide bonds. The zero-order valence-electron chi connectivity index (χ0n) is 43.1. The molecule has 0 spiro atoms. The van der Waals surface area contributed by atoms with Gasteiger partial charge >= 0.3 is 12.2 Å². The number of hydrogen-bond donors (Lipinski definition) is 1. The van der Waals surface area contributed by atoms with Gasteiger partial charge in [-0.2, -0.15) is 0 Å². The molecule has 2 aromatic carbocycles. The highest BCUT2D eigenvalue weighted by Gasteiger charge is 2.50. The van der Waals surface area contributed by atoms with Gasteiger partial charge in [0.15, 0.2) is 6.29 Å². The van der Waals surface area contributed by atoms with E-state index in [1.165, 1.54) is 23.8 Å². The number of aldehydes is 1. The van der Waals surface area contributed by atoms with E-state index in [2.05, 4.69) is 15.3 Å². The highest BCUT2D eigenvalue weighted by atomic mass is 16.6. The lowest BCUT2D eigenvalue weighted by Gasteiger charge is -2.26. The number of Topliss-reactive ketones (excluding diaryl/α,β-unsaturated/α-hetero) is 2. The van der Waals surface area contributed by atoms with Gasteiger partial charge in [0.1, 0.15) is 45.9 Å². The molecule has 12 rings (SSSR count). The SMILES string of the molecule is Cc1noc(C)c1-c1cc(C(O)C2C(=O)C3CCC2C3)c2nc(C3CC3)n(C(=O)OC(C)(C)C)c2c1.Cc1noc(C)c1-c1cc(C=O)c2nc(C3CC3)n(C(=O)OC(C)(C)C)c2c1.O=C1CC2CCC1C2. The summed E-state index contributed by atoms with van der Waals surface area (Å²) in [6, 6.07) is 7.44. The van der Waals surface area contributed by atoms with E-state index in [9.17, 15) is 29.1 Å². The summed E-state index contributed by atoms with van der Waals surface area (Å²) >= 11 is 0. The number of imidazole rings is 2. The second-order valence-corrected chi connectivity index (χ2v) is 23.2. The first-order chi connectivity index (χ1) is 34.1. The number of carbonyl (C=O) groups is 5. The molecule has 6 atom stereocenters. The fourth-order valence-corrected chi connectivity index (χ4v) is 11.8. The Bertz CT molecular complexity index is 3130. The van der Waals surface area contributed by atoms with Gasteiger partial charge in [0.05, 0.1) is 45.5 Å². The number of ether oxygens (including phenoxy) is 2. The van der Waals surface area contributed by atoms with E-state index in [4.69, 9.17) is 23.5 Å². The van der Waals surface area contributed by atoms with Crippen LogP contribution in [0.25, 0.3) is 44.3 Å². The Hall–Kier alpha value is -6.29. The van der Waals surface area contributed by atoms with Crippen molar-refractivity contribution in [1.82, 2.24) is 29.4 Å². The van der Waals surface area contributed by atoms with E-state index >= 15 is 0 Å². The Morgan fingerprint density at radius 2 is 1.18 bits per heavy atom. The Morgan fingerprint density at radius 1 is 0.681 bits per heavy atom. The molecule has 6 saturated carbocycles. The summed E-state index contributed by atoms with van der Waals surface area (Å²) in [7, 11) is 0. The average Bonchev–Trinajstić information content (AvgIpc) is 3.73. The number of rotatable bonds is 7. The van der Waals surface area contributed by atoms with Crippen molar-refractivity contribution in [1.29, 1.82) is 0 Å². The van der Waals surface area contributed by atoms with Crippen LogP contribution in [0, 0.1) is 57.3 Å². The second-order valence-electron chi connectivity index (χ2n) is 23.2. The maximum atomic E-state index is 13.5. The van der Waals surface area contributed by atoms with Crippen LogP contribution in [-0.4, -0.2) is 75.8 Å². The summed E-state index contributed by atoms with van der Waals surface area (Å²) in [6.45, 7) is 18.4. The van der Waals surface area contributed by atoms with Gasteiger partial charge in [0.2, 0.25) is 0 Å². The summed E-state index contributed by atoms with van der Waals surface area (Å²) in [5.74, 6) is 4.78. The van der Waals surface area contributed by atoms with Gasteiger partial charge in [-0.3, -0.25) is 14.4 Å². The van der Waals surface area contributed by atoms with Crippen LogP contribution in [0.5, 0.6) is 0 Å². The molecule has 16 heteroatoms. The van der Waals surface area contributed by atoms with Crippen molar-refractivity contribution in [3.8, 4) is 22.3 Å². The van der Waals surface area contributed by atoms with Gasteiger partial charge in [-0.1, -0.05) is 10.3 Å². The van der Waals surface area contributed by atoms with Crippen LogP contribution >= 0.6 is 0 Å². The fraction of sp³-hybridized carbons (Fsp3) is 0.554. The van der Waals surface area contributed by atoms with Crippen molar-refractivity contribution >= 4 is 52.1 Å². The van der Waals surface area contributed by atoms with Crippen LogP contribution in [0.2, 0.25) is 0 Å². The van der Waals surface area contributed by atoms with Crippen molar-refractivity contribution in [2.45, 2.75) is 169 Å². The maximum Gasteiger partial charge on any atom is 0.420 e. The number of benzene rings is 2. The van der Waals surface area contributed by atoms with Crippen molar-refractivity contribution in [3.05, 3.63) is 69.9 Å². The third kappa shape index (κ3) is 9.35. The number of hydrogen-bond acceptors (Lipinski definition) is 14. The van der Waals surface area contributed by atoms with E-state index < -0.39 is 35.4 Å². The predicted molar refractivity (Wildman–Crippen MR) is 267 cm³/mol. The first-order valence-electron chi connectivity index (χ1n) is 25.7. The number of aliphatic hydroxyl groups is 1. The Labute approximate surface area is 418 Å². The summed E-state index contributed by atoms with van der Waals surface area (Å²) in [4.78, 5) is 71.8.